The summed E-state index contributed by atoms with van der Waals surface area (Å²) in [4.78, 5) is 21.2. The first-order valence-corrected chi connectivity index (χ1v) is 7.01. The fourth-order valence-electron chi connectivity index (χ4n) is 2.29. The normalized spacial score (nSPS) is 21.8. The minimum absolute atomic E-state index is 0.116. The van der Waals surface area contributed by atoms with Gasteiger partial charge in [0.05, 0.1) is 11.1 Å². The van der Waals surface area contributed by atoms with Crippen molar-refractivity contribution in [3.63, 3.8) is 0 Å². The SMILES string of the molecule is CC(=O)c1cnc(N2CCN(C3CC3)CC2)s1. The van der Waals surface area contributed by atoms with Crippen molar-refractivity contribution < 1.29 is 4.79 Å². The number of Topliss-reactive ketones (excluding diaryl/α,β-unsaturated/α-hetero) is 1. The summed E-state index contributed by atoms with van der Waals surface area (Å²) < 4.78 is 0. The predicted octanol–water partition coefficient (Wildman–Crippen LogP) is 1.63. The van der Waals surface area contributed by atoms with E-state index in [9.17, 15) is 4.79 Å². The highest BCUT2D eigenvalue weighted by molar-refractivity contribution is 7.17. The largest absolute Gasteiger partial charge is 0.346 e. The number of hydrogen-bond acceptors (Lipinski definition) is 5. The molecular formula is C12H17N3OS. The number of anilines is 1. The lowest BCUT2D eigenvalue weighted by atomic mass is 10.3. The average molecular weight is 251 g/mol. The van der Waals surface area contributed by atoms with E-state index in [4.69, 9.17) is 0 Å². The van der Waals surface area contributed by atoms with Crippen molar-refractivity contribution in [2.75, 3.05) is 31.1 Å². The number of rotatable bonds is 3. The van der Waals surface area contributed by atoms with E-state index in [2.05, 4.69) is 14.8 Å². The molecular weight excluding hydrogens is 234 g/mol. The topological polar surface area (TPSA) is 36.4 Å². The van der Waals surface area contributed by atoms with Crippen molar-refractivity contribution in [3.8, 4) is 0 Å². The minimum atomic E-state index is 0.116. The van der Waals surface area contributed by atoms with Crippen LogP contribution in [0.4, 0.5) is 5.13 Å². The van der Waals surface area contributed by atoms with Crippen molar-refractivity contribution in [2.24, 2.45) is 0 Å². The van der Waals surface area contributed by atoms with E-state index >= 15 is 0 Å². The zero-order chi connectivity index (χ0) is 11.8. The molecule has 0 spiro atoms. The molecule has 2 fully saturated rings. The van der Waals surface area contributed by atoms with E-state index in [1.807, 2.05) is 0 Å². The third-order valence-corrected chi connectivity index (χ3v) is 4.65. The van der Waals surface area contributed by atoms with E-state index in [1.165, 1.54) is 24.2 Å². The van der Waals surface area contributed by atoms with Crippen LogP contribution < -0.4 is 4.90 Å². The van der Waals surface area contributed by atoms with E-state index in [-0.39, 0.29) is 5.78 Å². The Balaban J connectivity index is 1.62. The first-order valence-electron chi connectivity index (χ1n) is 6.20. The Morgan fingerprint density at radius 3 is 2.59 bits per heavy atom. The van der Waals surface area contributed by atoms with Crippen LogP contribution in [0.2, 0.25) is 0 Å². The maximum atomic E-state index is 11.2. The van der Waals surface area contributed by atoms with Crippen LogP contribution in [0.3, 0.4) is 0 Å². The third kappa shape index (κ3) is 2.35. The Bertz CT molecular complexity index is 419. The van der Waals surface area contributed by atoms with Crippen molar-refractivity contribution in [3.05, 3.63) is 11.1 Å². The van der Waals surface area contributed by atoms with Crippen LogP contribution in [0.25, 0.3) is 0 Å². The lowest BCUT2D eigenvalue weighted by Gasteiger charge is -2.34. The van der Waals surface area contributed by atoms with Gasteiger partial charge in [-0.2, -0.15) is 0 Å². The zero-order valence-corrected chi connectivity index (χ0v) is 10.9. The van der Waals surface area contributed by atoms with E-state index < -0.39 is 0 Å². The van der Waals surface area contributed by atoms with Gasteiger partial charge in [0, 0.05) is 39.1 Å². The number of piperazine rings is 1. The lowest BCUT2D eigenvalue weighted by Crippen LogP contribution is -2.47. The van der Waals surface area contributed by atoms with Crippen molar-refractivity contribution in [1.82, 2.24) is 9.88 Å². The second-order valence-electron chi connectivity index (χ2n) is 4.82. The summed E-state index contributed by atoms with van der Waals surface area (Å²) >= 11 is 1.52. The van der Waals surface area contributed by atoms with Gasteiger partial charge in [0.15, 0.2) is 10.9 Å². The summed E-state index contributed by atoms with van der Waals surface area (Å²) in [5, 5.41) is 1.01. The lowest BCUT2D eigenvalue weighted by molar-refractivity contribution is 0.102. The van der Waals surface area contributed by atoms with Gasteiger partial charge in [0.1, 0.15) is 0 Å². The first kappa shape index (κ1) is 11.2. The summed E-state index contributed by atoms with van der Waals surface area (Å²) in [5.74, 6) is 0.116. The number of nitrogens with zero attached hydrogens (tertiary/aromatic N) is 3. The van der Waals surface area contributed by atoms with Gasteiger partial charge in [-0.15, -0.1) is 0 Å². The quantitative estimate of drug-likeness (QED) is 0.765. The molecule has 1 aromatic rings. The minimum Gasteiger partial charge on any atom is -0.346 e. The summed E-state index contributed by atoms with van der Waals surface area (Å²) in [7, 11) is 0. The zero-order valence-electron chi connectivity index (χ0n) is 10.1. The van der Waals surface area contributed by atoms with Crippen LogP contribution >= 0.6 is 11.3 Å². The van der Waals surface area contributed by atoms with Crippen LogP contribution in [0.15, 0.2) is 6.20 Å². The first-order chi connectivity index (χ1) is 8.24. The monoisotopic (exact) mass is 251 g/mol. The fraction of sp³-hybridized carbons (Fsp3) is 0.667. The molecule has 0 atom stereocenters. The Morgan fingerprint density at radius 1 is 1.35 bits per heavy atom. The molecule has 1 aliphatic carbocycles. The smallest absolute Gasteiger partial charge is 0.186 e. The second-order valence-corrected chi connectivity index (χ2v) is 5.83. The van der Waals surface area contributed by atoms with Crippen LogP contribution in [-0.4, -0.2) is 47.9 Å². The molecule has 0 N–H and O–H groups in total. The molecule has 0 bridgehead atoms. The summed E-state index contributed by atoms with van der Waals surface area (Å²) in [6.45, 7) is 5.96. The molecule has 1 saturated carbocycles. The highest BCUT2D eigenvalue weighted by atomic mass is 32.1. The molecule has 1 aromatic heterocycles. The van der Waals surface area contributed by atoms with Crippen molar-refractivity contribution in [1.29, 1.82) is 0 Å². The third-order valence-electron chi connectivity index (χ3n) is 3.49. The highest BCUT2D eigenvalue weighted by Gasteiger charge is 2.31. The van der Waals surface area contributed by atoms with Gasteiger partial charge in [-0.3, -0.25) is 9.69 Å². The van der Waals surface area contributed by atoms with E-state index in [0.717, 1.165) is 42.2 Å². The number of thiazole rings is 1. The maximum Gasteiger partial charge on any atom is 0.186 e. The molecule has 1 aliphatic heterocycles. The number of aromatic nitrogens is 1. The number of carbonyl (C=O) groups is 1. The van der Waals surface area contributed by atoms with Gasteiger partial charge in [-0.05, 0) is 12.8 Å². The van der Waals surface area contributed by atoms with Crippen molar-refractivity contribution >= 4 is 22.3 Å². The average Bonchev–Trinajstić information content (AvgIpc) is 3.06. The Morgan fingerprint density at radius 2 is 2.06 bits per heavy atom. The summed E-state index contributed by atoms with van der Waals surface area (Å²) in [6, 6.07) is 0.862. The molecule has 0 unspecified atom stereocenters. The number of ketones is 1. The molecule has 2 heterocycles. The highest BCUT2D eigenvalue weighted by Crippen LogP contribution is 2.29. The Labute approximate surface area is 105 Å². The van der Waals surface area contributed by atoms with Crippen LogP contribution in [0.5, 0.6) is 0 Å². The molecule has 0 radical (unpaired) electrons. The molecule has 5 heteroatoms. The fourth-order valence-corrected chi connectivity index (χ4v) is 3.15. The Hall–Kier alpha value is -0.940. The van der Waals surface area contributed by atoms with Crippen LogP contribution in [-0.2, 0) is 0 Å². The molecule has 2 aliphatic rings. The number of hydrogen-bond donors (Lipinski definition) is 0. The van der Waals surface area contributed by atoms with Gasteiger partial charge in [0.25, 0.3) is 0 Å². The molecule has 17 heavy (non-hydrogen) atoms. The second kappa shape index (κ2) is 4.38. The molecule has 0 amide bonds. The summed E-state index contributed by atoms with van der Waals surface area (Å²) in [5.41, 5.74) is 0. The predicted molar refractivity (Wildman–Crippen MR) is 68.9 cm³/mol. The molecule has 92 valence electrons. The van der Waals surface area contributed by atoms with E-state index in [1.54, 1.807) is 13.1 Å². The molecule has 4 nitrogen and oxygen atoms in total. The molecule has 0 aromatic carbocycles. The van der Waals surface area contributed by atoms with E-state index in [0.29, 0.717) is 0 Å². The Kier molecular flexibility index (Phi) is 2.88. The van der Waals surface area contributed by atoms with Gasteiger partial charge in [0.2, 0.25) is 0 Å². The molecule has 3 rings (SSSR count). The van der Waals surface area contributed by atoms with Crippen LogP contribution in [0, 0.1) is 0 Å². The van der Waals surface area contributed by atoms with Crippen LogP contribution in [0.1, 0.15) is 29.4 Å². The van der Waals surface area contributed by atoms with Crippen molar-refractivity contribution in [2.45, 2.75) is 25.8 Å². The van der Waals surface area contributed by atoms with Gasteiger partial charge >= 0.3 is 0 Å². The standard InChI is InChI=1S/C12H17N3OS/c1-9(16)11-8-13-12(17-11)15-6-4-14(5-7-15)10-2-3-10/h8,10H,2-7H2,1H3. The van der Waals surface area contributed by atoms with Gasteiger partial charge in [-0.1, -0.05) is 11.3 Å². The summed E-state index contributed by atoms with van der Waals surface area (Å²) in [6.07, 6.45) is 4.47. The number of carbonyl (C=O) groups excluding carboxylic acids is 1. The molecule has 1 saturated heterocycles. The van der Waals surface area contributed by atoms with Gasteiger partial charge in [-0.25, -0.2) is 4.98 Å². The van der Waals surface area contributed by atoms with Gasteiger partial charge < -0.3 is 4.90 Å². The maximum absolute atomic E-state index is 11.2.